The third-order valence-corrected chi connectivity index (χ3v) is 5.43. The van der Waals surface area contributed by atoms with Crippen LogP contribution in [-0.2, 0) is 11.2 Å². The van der Waals surface area contributed by atoms with Crippen molar-refractivity contribution < 1.29 is 4.74 Å². The third-order valence-electron chi connectivity index (χ3n) is 5.43. The lowest BCUT2D eigenvalue weighted by Crippen LogP contribution is -2.38. The summed E-state index contributed by atoms with van der Waals surface area (Å²) in [5.41, 5.74) is 4.16. The Labute approximate surface area is 128 Å². The Bertz CT molecular complexity index is 488. The minimum Gasteiger partial charge on any atom is -0.375 e. The molecule has 1 aromatic heterocycles. The second kappa shape index (κ2) is 6.09. The lowest BCUT2D eigenvalue weighted by molar-refractivity contribution is -0.0912. The monoisotopic (exact) mass is 291 g/mol. The molecule has 0 radical (unpaired) electrons. The van der Waals surface area contributed by atoms with Crippen LogP contribution >= 0.6 is 0 Å². The fourth-order valence-corrected chi connectivity index (χ4v) is 4.24. The van der Waals surface area contributed by atoms with Crippen molar-refractivity contribution in [3.8, 4) is 0 Å². The lowest BCUT2D eigenvalue weighted by Gasteiger charge is -2.38. The molecule has 4 nitrogen and oxygen atoms in total. The quantitative estimate of drug-likeness (QED) is 0.927. The van der Waals surface area contributed by atoms with Gasteiger partial charge in [-0.1, -0.05) is 12.8 Å². The molecule has 1 saturated carbocycles. The van der Waals surface area contributed by atoms with Gasteiger partial charge in [-0.15, -0.1) is 0 Å². The highest BCUT2D eigenvalue weighted by Gasteiger charge is 2.41. The fraction of sp³-hybridized carbons (Fsp3) is 0.824. The normalized spacial score (nSPS) is 24.8. The molecule has 1 aliphatic carbocycles. The molecule has 2 fully saturated rings. The number of rotatable bonds is 4. The van der Waals surface area contributed by atoms with E-state index in [1.165, 1.54) is 42.6 Å². The van der Waals surface area contributed by atoms with Crippen molar-refractivity contribution in [2.75, 3.05) is 20.2 Å². The lowest BCUT2D eigenvalue weighted by atomic mass is 9.89. The molecule has 1 unspecified atom stereocenters. The van der Waals surface area contributed by atoms with Gasteiger partial charge in [0.15, 0.2) is 0 Å². The molecule has 0 amide bonds. The van der Waals surface area contributed by atoms with E-state index >= 15 is 0 Å². The van der Waals surface area contributed by atoms with E-state index in [-0.39, 0.29) is 5.60 Å². The summed E-state index contributed by atoms with van der Waals surface area (Å²) < 4.78 is 8.48. The van der Waals surface area contributed by atoms with Crippen molar-refractivity contribution in [3.05, 3.63) is 17.0 Å². The van der Waals surface area contributed by atoms with Crippen molar-refractivity contribution in [1.82, 2.24) is 15.1 Å². The average molecular weight is 291 g/mol. The zero-order valence-electron chi connectivity index (χ0n) is 13.7. The van der Waals surface area contributed by atoms with E-state index in [4.69, 9.17) is 9.84 Å². The van der Waals surface area contributed by atoms with Gasteiger partial charge >= 0.3 is 0 Å². The molecule has 1 spiro atoms. The minimum absolute atomic E-state index is 0.167. The number of hydrogen-bond donors (Lipinski definition) is 1. The minimum atomic E-state index is 0.167. The molecule has 1 aromatic rings. The number of aromatic nitrogens is 2. The average Bonchev–Trinajstić information content (AvgIpc) is 3.03. The summed E-state index contributed by atoms with van der Waals surface area (Å²) in [6, 6.07) is 0.527. The first-order chi connectivity index (χ1) is 10.2. The maximum absolute atomic E-state index is 6.17. The van der Waals surface area contributed by atoms with E-state index in [2.05, 4.69) is 23.8 Å². The van der Waals surface area contributed by atoms with Crippen LogP contribution in [0.3, 0.4) is 0 Å². The number of hydrogen-bond acceptors (Lipinski definition) is 3. The summed E-state index contributed by atoms with van der Waals surface area (Å²) in [6.07, 6.45) is 8.48. The van der Waals surface area contributed by atoms with Crippen LogP contribution in [-0.4, -0.2) is 35.6 Å². The molecule has 2 aliphatic rings. The Hall–Kier alpha value is -0.870. The summed E-state index contributed by atoms with van der Waals surface area (Å²) in [5.74, 6) is 0. The zero-order valence-corrected chi connectivity index (χ0v) is 13.7. The van der Waals surface area contributed by atoms with E-state index in [1.54, 1.807) is 0 Å². The summed E-state index contributed by atoms with van der Waals surface area (Å²) in [4.78, 5) is 0. The smallest absolute Gasteiger partial charge is 0.0703 e. The van der Waals surface area contributed by atoms with Crippen LogP contribution in [0.4, 0.5) is 0 Å². The van der Waals surface area contributed by atoms with E-state index in [9.17, 15) is 0 Å². The highest BCUT2D eigenvalue weighted by molar-refractivity contribution is 5.25. The van der Waals surface area contributed by atoms with Crippen LogP contribution in [0.5, 0.6) is 0 Å². The number of nitrogens with one attached hydrogen (secondary N) is 1. The summed E-state index contributed by atoms with van der Waals surface area (Å²) in [6.45, 7) is 6.31. The molecule has 4 heteroatoms. The van der Waals surface area contributed by atoms with Crippen molar-refractivity contribution in [2.24, 2.45) is 0 Å². The summed E-state index contributed by atoms with van der Waals surface area (Å²) >= 11 is 0. The standard InChI is InChI=1S/C17H29N3O/c1-13-16(6-10-18-3)14(2)20(19-13)15-7-11-21-17(12-15)8-4-5-9-17/h15,18H,4-12H2,1-3H3. The maximum Gasteiger partial charge on any atom is 0.0703 e. The van der Waals surface area contributed by atoms with Gasteiger partial charge < -0.3 is 10.1 Å². The topological polar surface area (TPSA) is 39.1 Å². The van der Waals surface area contributed by atoms with Crippen molar-refractivity contribution in [3.63, 3.8) is 0 Å². The Morgan fingerprint density at radius 3 is 2.81 bits per heavy atom. The molecule has 1 N–H and O–H groups in total. The number of likely N-dealkylation sites (N-methyl/N-ethyl adjacent to an activating group) is 1. The van der Waals surface area contributed by atoms with Gasteiger partial charge in [-0.25, -0.2) is 0 Å². The molecule has 21 heavy (non-hydrogen) atoms. The second-order valence-corrected chi connectivity index (χ2v) is 6.83. The van der Waals surface area contributed by atoms with Gasteiger partial charge in [-0.05, 0) is 65.1 Å². The van der Waals surface area contributed by atoms with Crippen LogP contribution in [0.25, 0.3) is 0 Å². The molecule has 1 saturated heterocycles. The molecule has 0 bridgehead atoms. The number of aryl methyl sites for hydroxylation is 1. The third kappa shape index (κ3) is 2.88. The molecule has 3 rings (SSSR count). The highest BCUT2D eigenvalue weighted by Crippen LogP contribution is 2.43. The molecule has 0 aromatic carbocycles. The van der Waals surface area contributed by atoms with Crippen LogP contribution in [0, 0.1) is 13.8 Å². The highest BCUT2D eigenvalue weighted by atomic mass is 16.5. The summed E-state index contributed by atoms with van der Waals surface area (Å²) in [7, 11) is 2.01. The van der Waals surface area contributed by atoms with E-state index < -0.39 is 0 Å². The predicted octanol–water partition coefficient (Wildman–Crippen LogP) is 2.93. The fourth-order valence-electron chi connectivity index (χ4n) is 4.24. The number of ether oxygens (including phenoxy) is 1. The molecule has 118 valence electrons. The van der Waals surface area contributed by atoms with Crippen LogP contribution in [0.2, 0.25) is 0 Å². The first-order valence-electron chi connectivity index (χ1n) is 8.48. The van der Waals surface area contributed by atoms with Gasteiger partial charge in [0.2, 0.25) is 0 Å². The molecular formula is C17H29N3O. The van der Waals surface area contributed by atoms with Gasteiger partial charge in [-0.2, -0.15) is 5.10 Å². The van der Waals surface area contributed by atoms with E-state index in [0.29, 0.717) is 6.04 Å². The molecule has 1 atom stereocenters. The first kappa shape index (κ1) is 15.0. The van der Waals surface area contributed by atoms with Crippen LogP contribution < -0.4 is 5.32 Å². The predicted molar refractivity (Wildman–Crippen MR) is 84.8 cm³/mol. The van der Waals surface area contributed by atoms with Crippen molar-refractivity contribution in [1.29, 1.82) is 0 Å². The Morgan fingerprint density at radius 1 is 1.33 bits per heavy atom. The van der Waals surface area contributed by atoms with Gasteiger partial charge in [0.05, 0.1) is 17.3 Å². The van der Waals surface area contributed by atoms with Gasteiger partial charge in [0, 0.05) is 12.3 Å². The Morgan fingerprint density at radius 2 is 2.10 bits per heavy atom. The summed E-state index contributed by atoms with van der Waals surface area (Å²) in [5, 5.41) is 8.12. The van der Waals surface area contributed by atoms with Gasteiger partial charge in [0.1, 0.15) is 0 Å². The first-order valence-corrected chi connectivity index (χ1v) is 8.48. The largest absolute Gasteiger partial charge is 0.375 e. The Balaban J connectivity index is 1.80. The zero-order chi connectivity index (χ0) is 14.9. The van der Waals surface area contributed by atoms with Crippen molar-refractivity contribution >= 4 is 0 Å². The van der Waals surface area contributed by atoms with Crippen molar-refractivity contribution in [2.45, 2.75) is 70.4 Å². The number of nitrogens with zero attached hydrogens (tertiary/aromatic N) is 2. The Kier molecular flexibility index (Phi) is 4.36. The van der Waals surface area contributed by atoms with Gasteiger partial charge in [-0.3, -0.25) is 4.68 Å². The second-order valence-electron chi connectivity index (χ2n) is 6.83. The van der Waals surface area contributed by atoms with E-state index in [1.807, 2.05) is 7.05 Å². The van der Waals surface area contributed by atoms with Crippen LogP contribution in [0.1, 0.15) is 61.5 Å². The molecular weight excluding hydrogens is 262 g/mol. The van der Waals surface area contributed by atoms with Crippen LogP contribution in [0.15, 0.2) is 0 Å². The van der Waals surface area contributed by atoms with Gasteiger partial charge in [0.25, 0.3) is 0 Å². The SMILES string of the molecule is CNCCc1c(C)nn(C2CCOC3(CCCC3)C2)c1C. The van der Waals surface area contributed by atoms with E-state index in [0.717, 1.165) is 32.4 Å². The molecule has 1 aliphatic heterocycles. The maximum atomic E-state index is 6.17. The molecule has 2 heterocycles.